The van der Waals surface area contributed by atoms with Crippen LogP contribution in [0.5, 0.6) is 11.5 Å². The van der Waals surface area contributed by atoms with Gasteiger partial charge in [-0.2, -0.15) is 0 Å². The van der Waals surface area contributed by atoms with Gasteiger partial charge < -0.3 is 33.9 Å². The molecule has 3 fully saturated rings. The van der Waals surface area contributed by atoms with Crippen molar-refractivity contribution < 1.29 is 97.2 Å². The lowest BCUT2D eigenvalue weighted by Gasteiger charge is -2.63. The second kappa shape index (κ2) is 18.6. The molecule has 5 rings (SSSR count). The van der Waals surface area contributed by atoms with Crippen LogP contribution in [0.1, 0.15) is 69.2 Å². The number of hydrogen-bond donors (Lipinski definition) is 6. The first kappa shape index (κ1) is 46.6. The van der Waals surface area contributed by atoms with Crippen molar-refractivity contribution in [3.63, 3.8) is 0 Å². The fourth-order valence-electron chi connectivity index (χ4n) is 9.37. The maximum atomic E-state index is 17.8. The molecule has 0 heterocycles. The number of alkyl halides is 2. The number of fused-ring (bicyclic) bond motifs is 5. The number of benzene rings is 1. The zero-order valence-electron chi connectivity index (χ0n) is 32.9. The Hall–Kier alpha value is -4.49. The smallest absolute Gasteiger partial charge is 0.493 e. The standard InChI is InChI=1S/C38H48F2N2O18/c1-35-11-10-22(43)16-25(35)26(39)17-24-23-18-29(44)38(36(23,2)19-30(45)37(24,35)40,60-32(47)7-6-14-58-42(52)53)31(46)20-56-34(49)59-27-9-8-21(15-28(27)54-3)33(48)55-12-4-5-13-57-41(50)51/h8-11,15-16,23-24,26,29-30,44-45,50-53H,4-7,12-14,17-20H2,1-3H3/t23?,24?,26-,29+,30-,35-,36-,37-,38-/m0/s1. The Morgan fingerprint density at radius 1 is 0.883 bits per heavy atom. The van der Waals surface area contributed by atoms with Crippen LogP contribution < -0.4 is 9.47 Å². The van der Waals surface area contributed by atoms with Gasteiger partial charge in [-0.15, -0.1) is 0 Å². The Morgan fingerprint density at radius 2 is 1.55 bits per heavy atom. The number of nitrogens with zero attached hydrogens (tertiary/aromatic N) is 2. The molecule has 332 valence electrons. The van der Waals surface area contributed by atoms with Gasteiger partial charge >= 0.3 is 18.1 Å². The van der Waals surface area contributed by atoms with E-state index < -0.39 is 132 Å². The van der Waals surface area contributed by atoms with E-state index in [1.807, 2.05) is 0 Å². The van der Waals surface area contributed by atoms with Gasteiger partial charge in [-0.3, -0.25) is 44.9 Å². The molecule has 0 aliphatic heterocycles. The van der Waals surface area contributed by atoms with E-state index in [0.717, 1.165) is 12.2 Å². The fraction of sp³-hybridized carbons (Fsp3) is 0.605. The monoisotopic (exact) mass is 858 g/mol. The number of hydrogen-bond acceptors (Lipinski definition) is 20. The van der Waals surface area contributed by atoms with E-state index in [1.165, 1.54) is 45.2 Å². The lowest BCUT2D eigenvalue weighted by molar-refractivity contribution is -0.492. The lowest BCUT2D eigenvalue weighted by atomic mass is 9.44. The summed E-state index contributed by atoms with van der Waals surface area (Å²) in [6, 6.07) is 3.59. The van der Waals surface area contributed by atoms with Gasteiger partial charge in [-0.05, 0) is 87.3 Å². The van der Waals surface area contributed by atoms with E-state index in [-0.39, 0.29) is 42.3 Å². The fourth-order valence-corrected chi connectivity index (χ4v) is 9.37. The van der Waals surface area contributed by atoms with E-state index in [2.05, 4.69) is 9.68 Å². The van der Waals surface area contributed by atoms with Crippen molar-refractivity contribution in [2.75, 3.05) is 33.5 Å². The predicted molar refractivity (Wildman–Crippen MR) is 190 cm³/mol. The average molecular weight is 859 g/mol. The summed E-state index contributed by atoms with van der Waals surface area (Å²) in [7, 11) is 1.20. The number of methoxy groups -OCH3 is 1. The van der Waals surface area contributed by atoms with Gasteiger partial charge in [0, 0.05) is 23.2 Å². The first-order valence-electron chi connectivity index (χ1n) is 19.0. The van der Waals surface area contributed by atoms with Gasteiger partial charge in [-0.1, -0.05) is 13.0 Å². The number of allylic oxidation sites excluding steroid dienone is 4. The van der Waals surface area contributed by atoms with E-state index >= 15 is 8.78 Å². The first-order valence-corrected chi connectivity index (χ1v) is 19.0. The van der Waals surface area contributed by atoms with Crippen LogP contribution in [-0.4, -0.2) is 135 Å². The molecule has 3 saturated carbocycles. The van der Waals surface area contributed by atoms with Crippen molar-refractivity contribution in [1.82, 2.24) is 10.8 Å². The summed E-state index contributed by atoms with van der Waals surface area (Å²) in [5, 5.41) is 57.2. The second-order valence-electron chi connectivity index (χ2n) is 15.4. The number of carbonyl (C=O) groups excluding carboxylic acids is 5. The summed E-state index contributed by atoms with van der Waals surface area (Å²) in [4.78, 5) is 74.5. The van der Waals surface area contributed by atoms with Crippen molar-refractivity contribution in [2.45, 2.75) is 88.4 Å². The molecule has 20 nitrogen and oxygen atoms in total. The molecule has 6 N–H and O–H groups in total. The van der Waals surface area contributed by atoms with E-state index in [1.54, 1.807) is 0 Å². The summed E-state index contributed by atoms with van der Waals surface area (Å²) in [6.07, 6.45) is -5.58. The van der Waals surface area contributed by atoms with E-state index in [4.69, 9.17) is 44.5 Å². The quantitative estimate of drug-likeness (QED) is 0.0407. The molecule has 2 unspecified atom stereocenters. The van der Waals surface area contributed by atoms with Gasteiger partial charge in [-0.25, -0.2) is 18.4 Å². The first-order chi connectivity index (χ1) is 28.2. The summed E-state index contributed by atoms with van der Waals surface area (Å²) in [6.45, 7) is 1.02. The molecule has 4 aliphatic rings. The largest absolute Gasteiger partial charge is 0.514 e. The van der Waals surface area contributed by atoms with Crippen molar-refractivity contribution in [3.05, 3.63) is 47.6 Å². The molecule has 1 aromatic carbocycles. The number of rotatable bonds is 18. The number of unbranched alkanes of at least 4 members (excludes halogenated alkanes) is 1. The summed E-state index contributed by atoms with van der Waals surface area (Å²) < 4.78 is 60.3. The zero-order valence-corrected chi connectivity index (χ0v) is 32.9. The van der Waals surface area contributed by atoms with Crippen molar-refractivity contribution >= 4 is 29.7 Å². The van der Waals surface area contributed by atoms with Gasteiger partial charge in [0.15, 0.2) is 29.6 Å². The number of esters is 2. The highest BCUT2D eigenvalue weighted by molar-refractivity contribution is 6.01. The third-order valence-electron chi connectivity index (χ3n) is 12.1. The van der Waals surface area contributed by atoms with Crippen LogP contribution in [-0.2, 0) is 38.3 Å². The number of ether oxygens (including phenoxy) is 5. The Morgan fingerprint density at radius 3 is 2.22 bits per heavy atom. The normalized spacial score (nSPS) is 31.8. The predicted octanol–water partition coefficient (Wildman–Crippen LogP) is 3.09. The van der Waals surface area contributed by atoms with Gasteiger partial charge in [0.25, 0.3) is 0 Å². The molecule has 22 heteroatoms. The number of aliphatic hydroxyl groups excluding tert-OH is 2. The Labute approximate surface area is 341 Å². The van der Waals surface area contributed by atoms with Crippen LogP contribution >= 0.6 is 0 Å². The molecule has 0 amide bonds. The van der Waals surface area contributed by atoms with Crippen LogP contribution in [0.2, 0.25) is 0 Å². The number of halogens is 2. The topological polar surface area (TPSA) is 278 Å². The van der Waals surface area contributed by atoms with Crippen LogP contribution in [0.25, 0.3) is 0 Å². The van der Waals surface area contributed by atoms with Gasteiger partial charge in [0.05, 0.1) is 49.4 Å². The number of aliphatic hydroxyl groups is 2. The molecular weight excluding hydrogens is 810 g/mol. The highest BCUT2D eigenvalue weighted by Crippen LogP contribution is 2.70. The number of ketones is 2. The van der Waals surface area contributed by atoms with Crippen LogP contribution in [0.3, 0.4) is 0 Å². The van der Waals surface area contributed by atoms with Crippen LogP contribution in [0.15, 0.2) is 42.0 Å². The Kier molecular flexibility index (Phi) is 14.5. The van der Waals surface area contributed by atoms with Gasteiger partial charge in [0.1, 0.15) is 12.3 Å². The maximum absolute atomic E-state index is 17.8. The highest BCUT2D eigenvalue weighted by atomic mass is 19.1. The Balaban J connectivity index is 1.35. The minimum absolute atomic E-state index is 0.00692. The SMILES string of the molecule is COc1cc(C(=O)OCCCCON(O)O)ccc1OC(=O)OCC(=O)[C@@]1(OC(=O)CCCON(O)O)[C@H](O)CC2C3C[C@H](F)C4=CC(=O)C=C[C@]4(C)[C@@]3(F)[C@@H](O)C[C@@]21C. The third-order valence-corrected chi connectivity index (χ3v) is 12.1. The summed E-state index contributed by atoms with van der Waals surface area (Å²) >= 11 is 0. The van der Waals surface area contributed by atoms with Crippen molar-refractivity contribution in [2.24, 2.45) is 22.7 Å². The Bertz CT molecular complexity index is 1860. The number of carbonyl (C=O) groups is 5. The molecule has 60 heavy (non-hydrogen) atoms. The molecule has 0 saturated heterocycles. The van der Waals surface area contributed by atoms with Crippen molar-refractivity contribution in [3.8, 4) is 11.5 Å². The lowest BCUT2D eigenvalue weighted by Crippen LogP contribution is -2.71. The molecule has 0 aromatic heterocycles. The van der Waals surface area contributed by atoms with E-state index in [9.17, 15) is 34.2 Å². The minimum Gasteiger partial charge on any atom is -0.493 e. The van der Waals surface area contributed by atoms with Crippen LogP contribution in [0.4, 0.5) is 13.6 Å². The zero-order chi connectivity index (χ0) is 44.2. The van der Waals surface area contributed by atoms with Crippen molar-refractivity contribution in [1.29, 1.82) is 0 Å². The maximum Gasteiger partial charge on any atom is 0.514 e. The van der Waals surface area contributed by atoms with Gasteiger partial charge in [0.2, 0.25) is 11.4 Å². The molecule has 9 atom stereocenters. The molecule has 0 radical (unpaired) electrons. The number of Topliss-reactive ketones (excluding diaryl/α,β-unsaturated/α-hetero) is 1. The van der Waals surface area contributed by atoms with E-state index in [0.29, 0.717) is 12.8 Å². The third kappa shape index (κ3) is 8.80. The average Bonchev–Trinajstić information content (AvgIpc) is 3.40. The molecule has 1 aromatic rings. The van der Waals surface area contributed by atoms with Crippen LogP contribution in [0, 0.1) is 22.7 Å². The molecule has 0 spiro atoms. The highest BCUT2D eigenvalue weighted by Gasteiger charge is 2.79. The molecule has 0 bridgehead atoms. The summed E-state index contributed by atoms with van der Waals surface area (Å²) in [5.41, 5.74) is -9.02. The molecular formula is C38H48F2N2O18. The molecule has 4 aliphatic carbocycles. The summed E-state index contributed by atoms with van der Waals surface area (Å²) in [5.74, 6) is -6.57. The second-order valence-corrected chi connectivity index (χ2v) is 15.4. The minimum atomic E-state index is -2.62.